The quantitative estimate of drug-likeness (QED) is 0.833. The van der Waals surface area contributed by atoms with Gasteiger partial charge in [-0.15, -0.1) is 0 Å². The van der Waals surface area contributed by atoms with Crippen LogP contribution in [0, 0.1) is 0 Å². The van der Waals surface area contributed by atoms with Crippen LogP contribution in [0.1, 0.15) is 27.9 Å². The van der Waals surface area contributed by atoms with Crippen molar-refractivity contribution < 1.29 is 19.4 Å². The Morgan fingerprint density at radius 2 is 2.00 bits per heavy atom. The maximum Gasteiger partial charge on any atom is 0.271 e. The van der Waals surface area contributed by atoms with E-state index in [1.165, 1.54) is 0 Å². The minimum atomic E-state index is -0.315. The number of ether oxygens (including phenoxy) is 2. The highest BCUT2D eigenvalue weighted by Gasteiger charge is 2.21. The lowest BCUT2D eigenvalue weighted by atomic mass is 10.1. The van der Waals surface area contributed by atoms with E-state index in [-0.39, 0.29) is 18.4 Å². The molecule has 0 saturated carbocycles. The molecular formula is C17H14N2O4. The van der Waals surface area contributed by atoms with Crippen LogP contribution in [-0.2, 0) is 6.42 Å². The second-order valence-corrected chi connectivity index (χ2v) is 5.37. The standard InChI is InChI=1S/C17H14N2O4/c20-14-3-1-2-11-12(14)5-6-13(11)18-19-17(21)10-4-7-15-16(8-10)23-9-22-15/h1-4,7-8,20H,5-6,9H2,(H,19,21)/b18-13+. The predicted octanol–water partition coefficient (Wildman–Crippen LogP) is 2.20. The number of fused-ring (bicyclic) bond motifs is 2. The van der Waals surface area contributed by atoms with Crippen LogP contribution in [-0.4, -0.2) is 23.5 Å². The summed E-state index contributed by atoms with van der Waals surface area (Å²) in [5.41, 5.74) is 5.55. The van der Waals surface area contributed by atoms with E-state index in [2.05, 4.69) is 10.5 Å². The third-order valence-electron chi connectivity index (χ3n) is 4.00. The number of benzene rings is 2. The van der Waals surface area contributed by atoms with E-state index in [9.17, 15) is 9.90 Å². The third kappa shape index (κ3) is 2.38. The van der Waals surface area contributed by atoms with E-state index < -0.39 is 0 Å². The Bertz CT molecular complexity index is 829. The van der Waals surface area contributed by atoms with E-state index >= 15 is 0 Å². The molecule has 23 heavy (non-hydrogen) atoms. The lowest BCUT2D eigenvalue weighted by Crippen LogP contribution is -2.19. The SMILES string of the molecule is O=C(N/N=C1\CCc2c(O)cccc21)c1ccc2c(c1)OCO2. The van der Waals surface area contributed by atoms with Gasteiger partial charge in [-0.3, -0.25) is 4.79 Å². The summed E-state index contributed by atoms with van der Waals surface area (Å²) in [6, 6.07) is 10.3. The molecule has 0 saturated heterocycles. The summed E-state index contributed by atoms with van der Waals surface area (Å²) in [7, 11) is 0. The first-order valence-electron chi connectivity index (χ1n) is 7.30. The number of amides is 1. The van der Waals surface area contributed by atoms with Crippen LogP contribution in [0.3, 0.4) is 0 Å². The molecule has 116 valence electrons. The van der Waals surface area contributed by atoms with Gasteiger partial charge in [-0.2, -0.15) is 5.10 Å². The van der Waals surface area contributed by atoms with Gasteiger partial charge in [0.2, 0.25) is 6.79 Å². The molecule has 0 spiro atoms. The molecule has 1 aliphatic carbocycles. The second-order valence-electron chi connectivity index (χ2n) is 5.37. The maximum absolute atomic E-state index is 12.2. The van der Waals surface area contributed by atoms with E-state index in [4.69, 9.17) is 9.47 Å². The van der Waals surface area contributed by atoms with Crippen LogP contribution < -0.4 is 14.9 Å². The number of carbonyl (C=O) groups is 1. The highest BCUT2D eigenvalue weighted by atomic mass is 16.7. The molecule has 6 heteroatoms. The van der Waals surface area contributed by atoms with Crippen molar-refractivity contribution in [2.75, 3.05) is 6.79 Å². The first-order chi connectivity index (χ1) is 11.2. The van der Waals surface area contributed by atoms with Crippen molar-refractivity contribution in [1.82, 2.24) is 5.43 Å². The minimum Gasteiger partial charge on any atom is -0.508 e. The summed E-state index contributed by atoms with van der Waals surface area (Å²) in [5.74, 6) is 1.15. The first-order valence-corrected chi connectivity index (χ1v) is 7.30. The molecule has 1 heterocycles. The maximum atomic E-state index is 12.2. The fourth-order valence-corrected chi connectivity index (χ4v) is 2.82. The van der Waals surface area contributed by atoms with E-state index in [0.29, 0.717) is 23.5 Å². The largest absolute Gasteiger partial charge is 0.508 e. The molecule has 0 unspecified atom stereocenters. The minimum absolute atomic E-state index is 0.170. The topological polar surface area (TPSA) is 80.2 Å². The van der Waals surface area contributed by atoms with Crippen LogP contribution in [0.5, 0.6) is 17.2 Å². The smallest absolute Gasteiger partial charge is 0.271 e. The fourth-order valence-electron chi connectivity index (χ4n) is 2.82. The van der Waals surface area contributed by atoms with Gasteiger partial charge in [0.25, 0.3) is 5.91 Å². The molecule has 1 amide bonds. The lowest BCUT2D eigenvalue weighted by Gasteiger charge is -2.04. The van der Waals surface area contributed by atoms with Gasteiger partial charge in [-0.25, -0.2) is 5.43 Å². The van der Waals surface area contributed by atoms with Crippen molar-refractivity contribution in [2.24, 2.45) is 5.10 Å². The van der Waals surface area contributed by atoms with Crippen LogP contribution in [0.25, 0.3) is 0 Å². The Hall–Kier alpha value is -3.02. The molecule has 6 nitrogen and oxygen atoms in total. The zero-order valence-electron chi connectivity index (χ0n) is 12.2. The van der Waals surface area contributed by atoms with Crippen molar-refractivity contribution in [3.63, 3.8) is 0 Å². The van der Waals surface area contributed by atoms with Gasteiger partial charge in [0.1, 0.15) is 5.75 Å². The lowest BCUT2D eigenvalue weighted by molar-refractivity contribution is 0.0954. The first kappa shape index (κ1) is 13.6. The Labute approximate surface area is 132 Å². The highest BCUT2D eigenvalue weighted by molar-refractivity contribution is 6.06. The fraction of sp³-hybridized carbons (Fsp3) is 0.176. The second kappa shape index (κ2) is 5.31. The van der Waals surface area contributed by atoms with Crippen LogP contribution in [0.2, 0.25) is 0 Å². The van der Waals surface area contributed by atoms with Gasteiger partial charge in [0.05, 0.1) is 5.71 Å². The predicted molar refractivity (Wildman–Crippen MR) is 83.0 cm³/mol. The molecule has 2 aromatic rings. The number of phenols is 1. The monoisotopic (exact) mass is 310 g/mol. The van der Waals surface area contributed by atoms with Crippen molar-refractivity contribution in [3.8, 4) is 17.2 Å². The number of rotatable bonds is 2. The molecule has 2 N–H and O–H groups in total. The van der Waals surface area contributed by atoms with Gasteiger partial charge >= 0.3 is 0 Å². The summed E-state index contributed by atoms with van der Waals surface area (Å²) < 4.78 is 10.5. The van der Waals surface area contributed by atoms with E-state index in [1.54, 1.807) is 30.3 Å². The summed E-state index contributed by atoms with van der Waals surface area (Å²) >= 11 is 0. The summed E-state index contributed by atoms with van der Waals surface area (Å²) in [4.78, 5) is 12.2. The number of nitrogens with zero attached hydrogens (tertiary/aromatic N) is 1. The Morgan fingerprint density at radius 1 is 1.13 bits per heavy atom. The summed E-state index contributed by atoms with van der Waals surface area (Å²) in [6.07, 6.45) is 1.41. The number of aromatic hydroxyl groups is 1. The Balaban J connectivity index is 1.54. The number of carbonyl (C=O) groups excluding carboxylic acids is 1. The third-order valence-corrected chi connectivity index (χ3v) is 4.00. The molecule has 1 aliphatic heterocycles. The summed E-state index contributed by atoms with van der Waals surface area (Å²) in [6.45, 7) is 0.170. The van der Waals surface area contributed by atoms with Gasteiger partial charge in [-0.1, -0.05) is 12.1 Å². The van der Waals surface area contributed by atoms with Crippen LogP contribution in [0.15, 0.2) is 41.5 Å². The zero-order chi connectivity index (χ0) is 15.8. The van der Waals surface area contributed by atoms with Gasteiger partial charge in [-0.05, 0) is 37.1 Å². The highest BCUT2D eigenvalue weighted by Crippen LogP contribution is 2.32. The van der Waals surface area contributed by atoms with Crippen molar-refractivity contribution in [1.29, 1.82) is 0 Å². The summed E-state index contributed by atoms with van der Waals surface area (Å²) in [5, 5.41) is 14.0. The molecule has 0 radical (unpaired) electrons. The average Bonchev–Trinajstić information content (AvgIpc) is 3.19. The Morgan fingerprint density at radius 3 is 2.91 bits per heavy atom. The molecule has 0 fully saturated rings. The van der Waals surface area contributed by atoms with Gasteiger partial charge < -0.3 is 14.6 Å². The Kier molecular flexibility index (Phi) is 3.15. The normalized spacial score (nSPS) is 16.4. The molecule has 0 atom stereocenters. The number of hydrazone groups is 1. The average molecular weight is 310 g/mol. The van der Waals surface area contributed by atoms with Crippen molar-refractivity contribution in [2.45, 2.75) is 12.8 Å². The van der Waals surface area contributed by atoms with Crippen LogP contribution in [0.4, 0.5) is 0 Å². The number of nitrogens with one attached hydrogen (secondary N) is 1. The van der Waals surface area contributed by atoms with Gasteiger partial charge in [0.15, 0.2) is 11.5 Å². The number of hydrogen-bond acceptors (Lipinski definition) is 5. The molecule has 0 aromatic heterocycles. The van der Waals surface area contributed by atoms with Crippen molar-refractivity contribution >= 4 is 11.6 Å². The zero-order valence-corrected chi connectivity index (χ0v) is 12.2. The molecule has 4 rings (SSSR count). The molecular weight excluding hydrogens is 296 g/mol. The van der Waals surface area contributed by atoms with E-state index in [1.807, 2.05) is 6.07 Å². The number of phenolic OH excluding ortho intramolecular Hbond substituents is 1. The van der Waals surface area contributed by atoms with Gasteiger partial charge in [0, 0.05) is 16.7 Å². The molecule has 0 bridgehead atoms. The van der Waals surface area contributed by atoms with Crippen LogP contribution >= 0.6 is 0 Å². The van der Waals surface area contributed by atoms with Crippen molar-refractivity contribution in [3.05, 3.63) is 53.1 Å². The number of hydrogen-bond donors (Lipinski definition) is 2. The molecule has 2 aliphatic rings. The van der Waals surface area contributed by atoms with E-state index in [0.717, 1.165) is 23.3 Å². The molecule has 2 aromatic carbocycles.